The van der Waals surface area contributed by atoms with Crippen LogP contribution in [0.4, 0.5) is 5.69 Å². The minimum Gasteiger partial charge on any atom is -0.477 e. The van der Waals surface area contributed by atoms with Gasteiger partial charge in [-0.25, -0.2) is 4.79 Å². The van der Waals surface area contributed by atoms with Gasteiger partial charge in [0.05, 0.1) is 18.0 Å². The molecule has 0 radical (unpaired) electrons. The average molecular weight is 407 g/mol. The van der Waals surface area contributed by atoms with Crippen molar-refractivity contribution in [2.75, 3.05) is 11.7 Å². The summed E-state index contributed by atoms with van der Waals surface area (Å²) < 4.78 is 19.4. The second kappa shape index (κ2) is 8.59. The van der Waals surface area contributed by atoms with Gasteiger partial charge in [-0.1, -0.05) is 37.3 Å². The molecule has 0 spiro atoms. The number of carbonyl (C=O) groups is 1. The zero-order valence-corrected chi connectivity index (χ0v) is 17.4. The minimum absolute atomic E-state index is 0.0737. The first-order chi connectivity index (χ1) is 12.9. The van der Waals surface area contributed by atoms with Crippen molar-refractivity contribution in [1.82, 2.24) is 0 Å². The molecule has 27 heavy (non-hydrogen) atoms. The van der Waals surface area contributed by atoms with Crippen molar-refractivity contribution >= 4 is 30.5 Å². The predicted octanol–water partition coefficient (Wildman–Crippen LogP) is 6.33. The van der Waals surface area contributed by atoms with Crippen LogP contribution in [0.5, 0.6) is 0 Å². The molecule has 1 atom stereocenters. The van der Waals surface area contributed by atoms with Crippen LogP contribution >= 0.6 is 18.9 Å². The lowest BCUT2D eigenvalue weighted by atomic mass is 9.91. The van der Waals surface area contributed by atoms with Crippen molar-refractivity contribution in [2.24, 2.45) is 5.92 Å². The first-order valence-electron chi connectivity index (χ1n) is 9.38. The van der Waals surface area contributed by atoms with Crippen molar-refractivity contribution in [1.29, 1.82) is 0 Å². The number of aromatic carboxylic acids is 1. The normalized spacial score (nSPS) is 22.1. The van der Waals surface area contributed by atoms with E-state index in [1.807, 2.05) is 37.3 Å². The number of thiophene rings is 1. The van der Waals surface area contributed by atoms with E-state index in [9.17, 15) is 14.5 Å². The van der Waals surface area contributed by atoms with Crippen LogP contribution in [-0.2, 0) is 9.09 Å². The minimum atomic E-state index is -3.19. The first-order valence-corrected chi connectivity index (χ1v) is 11.9. The van der Waals surface area contributed by atoms with Gasteiger partial charge in [0.25, 0.3) is 7.52 Å². The SMILES string of the molecule is CCOP(=O)(Nc1cc(-c2ccccc2)sc1C(=O)O)C1CCC(C)CC1. The number of rotatable bonds is 7. The summed E-state index contributed by atoms with van der Waals surface area (Å²) in [5.41, 5.74) is 1.26. The van der Waals surface area contributed by atoms with Crippen molar-refractivity contribution in [2.45, 2.75) is 45.2 Å². The predicted molar refractivity (Wildman–Crippen MR) is 111 cm³/mol. The fraction of sp³-hybridized carbons (Fsp3) is 0.450. The summed E-state index contributed by atoms with van der Waals surface area (Å²) in [6.45, 7) is 4.36. The summed E-state index contributed by atoms with van der Waals surface area (Å²) in [6, 6.07) is 11.4. The van der Waals surface area contributed by atoms with E-state index in [4.69, 9.17) is 4.52 Å². The number of carboxylic acids is 1. The number of nitrogens with one attached hydrogen (secondary N) is 1. The third-order valence-electron chi connectivity index (χ3n) is 5.05. The van der Waals surface area contributed by atoms with Gasteiger partial charge in [0.2, 0.25) is 0 Å². The Balaban J connectivity index is 1.92. The second-order valence-corrected chi connectivity index (χ2v) is 10.5. The maximum Gasteiger partial charge on any atom is 0.348 e. The molecule has 0 saturated heterocycles. The molecule has 1 heterocycles. The molecule has 1 aliphatic carbocycles. The smallest absolute Gasteiger partial charge is 0.348 e. The molecule has 146 valence electrons. The average Bonchev–Trinajstić information content (AvgIpc) is 3.07. The molecule has 1 unspecified atom stereocenters. The molecule has 2 aromatic rings. The van der Waals surface area contributed by atoms with Gasteiger partial charge in [-0.3, -0.25) is 4.57 Å². The molecule has 1 aromatic carbocycles. The highest BCUT2D eigenvalue weighted by molar-refractivity contribution is 7.61. The van der Waals surface area contributed by atoms with Gasteiger partial charge < -0.3 is 14.7 Å². The number of hydrogen-bond donors (Lipinski definition) is 2. The van der Waals surface area contributed by atoms with E-state index >= 15 is 0 Å². The quantitative estimate of drug-likeness (QED) is 0.524. The fourth-order valence-electron chi connectivity index (χ4n) is 3.55. The van der Waals surface area contributed by atoms with E-state index in [1.54, 1.807) is 6.07 Å². The lowest BCUT2D eigenvalue weighted by Gasteiger charge is -2.32. The first kappa shape index (κ1) is 20.1. The summed E-state index contributed by atoms with van der Waals surface area (Å²) in [4.78, 5) is 12.8. The topological polar surface area (TPSA) is 75.6 Å². The largest absolute Gasteiger partial charge is 0.477 e. The third-order valence-corrected chi connectivity index (χ3v) is 8.89. The van der Waals surface area contributed by atoms with Crippen LogP contribution in [0.3, 0.4) is 0 Å². The zero-order chi connectivity index (χ0) is 19.4. The van der Waals surface area contributed by atoms with Gasteiger partial charge in [0, 0.05) is 4.88 Å². The number of benzene rings is 1. The molecule has 1 aliphatic rings. The standard InChI is InChI=1S/C20H26NO4PS/c1-3-25-26(24,16-11-9-14(2)10-12-16)21-17-13-18(27-19(17)20(22)23)15-7-5-4-6-8-15/h4-8,13-14,16H,3,9-12H2,1-2H3,(H,21,24)(H,22,23). The number of carboxylic acid groups (broad SMARTS) is 1. The van der Waals surface area contributed by atoms with Crippen LogP contribution in [0, 0.1) is 5.92 Å². The highest BCUT2D eigenvalue weighted by Gasteiger charge is 2.37. The molecule has 5 nitrogen and oxygen atoms in total. The molecule has 0 bridgehead atoms. The molecule has 3 rings (SSSR count). The van der Waals surface area contributed by atoms with E-state index in [1.165, 1.54) is 11.3 Å². The van der Waals surface area contributed by atoms with Gasteiger partial charge in [-0.15, -0.1) is 11.3 Å². The summed E-state index contributed by atoms with van der Waals surface area (Å²) >= 11 is 1.19. The van der Waals surface area contributed by atoms with Gasteiger partial charge in [-0.05, 0) is 50.2 Å². The Bertz CT molecular complexity index is 828. The molecule has 0 aliphatic heterocycles. The third kappa shape index (κ3) is 4.63. The van der Waals surface area contributed by atoms with Crippen molar-refractivity contribution in [3.05, 3.63) is 41.3 Å². The van der Waals surface area contributed by atoms with E-state index in [-0.39, 0.29) is 10.5 Å². The van der Waals surface area contributed by atoms with Crippen LogP contribution in [-0.4, -0.2) is 23.3 Å². The summed E-state index contributed by atoms with van der Waals surface area (Å²) in [5.74, 6) is -0.387. The lowest BCUT2D eigenvalue weighted by Crippen LogP contribution is -2.22. The van der Waals surface area contributed by atoms with Crippen molar-refractivity contribution in [3.8, 4) is 10.4 Å². The van der Waals surface area contributed by atoms with Crippen molar-refractivity contribution < 1.29 is 19.0 Å². The van der Waals surface area contributed by atoms with Crippen LogP contribution in [0.25, 0.3) is 10.4 Å². The summed E-state index contributed by atoms with van der Waals surface area (Å²) in [6.07, 6.45) is 3.72. The fourth-order valence-corrected chi connectivity index (χ4v) is 6.91. The van der Waals surface area contributed by atoms with Gasteiger partial charge in [0.15, 0.2) is 0 Å². The maximum atomic E-state index is 13.6. The molecular formula is C20H26NO4PS. The van der Waals surface area contributed by atoms with E-state index in [0.29, 0.717) is 18.2 Å². The summed E-state index contributed by atoms with van der Waals surface area (Å²) in [5, 5.41) is 12.7. The van der Waals surface area contributed by atoms with E-state index < -0.39 is 13.5 Å². The van der Waals surface area contributed by atoms with Gasteiger partial charge >= 0.3 is 5.97 Å². The lowest BCUT2D eigenvalue weighted by molar-refractivity contribution is 0.0703. The highest BCUT2D eigenvalue weighted by Crippen LogP contribution is 2.57. The molecule has 1 aromatic heterocycles. The number of anilines is 1. The Hall–Kier alpha value is -1.62. The molecule has 7 heteroatoms. The van der Waals surface area contributed by atoms with Crippen LogP contribution in [0.15, 0.2) is 36.4 Å². The van der Waals surface area contributed by atoms with E-state index in [0.717, 1.165) is 36.1 Å². The van der Waals surface area contributed by atoms with Crippen molar-refractivity contribution in [3.63, 3.8) is 0 Å². The number of hydrogen-bond acceptors (Lipinski definition) is 4. The van der Waals surface area contributed by atoms with Crippen LogP contribution in [0.2, 0.25) is 0 Å². The Morgan fingerprint density at radius 1 is 1.26 bits per heavy atom. The molecule has 1 fully saturated rings. The Morgan fingerprint density at radius 3 is 2.52 bits per heavy atom. The zero-order valence-electron chi connectivity index (χ0n) is 15.7. The molecule has 0 amide bonds. The second-order valence-electron chi connectivity index (χ2n) is 7.06. The molecule has 2 N–H and O–H groups in total. The Labute approximate surface area is 164 Å². The van der Waals surface area contributed by atoms with Gasteiger partial charge in [0.1, 0.15) is 4.88 Å². The van der Waals surface area contributed by atoms with Gasteiger partial charge in [-0.2, -0.15) is 0 Å². The Kier molecular flexibility index (Phi) is 6.40. The maximum absolute atomic E-state index is 13.6. The molecular weight excluding hydrogens is 381 g/mol. The van der Waals surface area contributed by atoms with E-state index in [2.05, 4.69) is 12.0 Å². The summed E-state index contributed by atoms with van der Waals surface area (Å²) in [7, 11) is -3.19. The Morgan fingerprint density at radius 2 is 1.93 bits per heavy atom. The highest BCUT2D eigenvalue weighted by atomic mass is 32.1. The molecule has 1 saturated carbocycles. The van der Waals surface area contributed by atoms with Crippen LogP contribution < -0.4 is 5.09 Å². The monoisotopic (exact) mass is 407 g/mol. The van der Waals surface area contributed by atoms with Crippen LogP contribution in [0.1, 0.15) is 49.2 Å².